The normalized spacial score (nSPS) is 13.8. The Bertz CT molecular complexity index is 1310. The Balaban J connectivity index is 1.31. The summed E-state index contributed by atoms with van der Waals surface area (Å²) in [6.45, 7) is 5.07. The van der Waals surface area contributed by atoms with Crippen LogP contribution in [-0.4, -0.2) is 63.8 Å². The molecule has 0 spiro atoms. The number of rotatable bonds is 6. The molecule has 1 saturated heterocycles. The van der Waals surface area contributed by atoms with E-state index in [0.717, 1.165) is 34.8 Å². The zero-order valence-electron chi connectivity index (χ0n) is 20.0. The van der Waals surface area contributed by atoms with Gasteiger partial charge in [-0.05, 0) is 18.6 Å². The van der Waals surface area contributed by atoms with Gasteiger partial charge in [0.1, 0.15) is 17.9 Å². The molecule has 2 aromatic heterocycles. The number of piperazine rings is 1. The molecule has 2 aromatic carbocycles. The first-order valence-electron chi connectivity index (χ1n) is 11.8. The summed E-state index contributed by atoms with van der Waals surface area (Å²) in [7, 11) is 1.64. The average Bonchev–Trinajstić information content (AvgIpc) is 3.36. The molecule has 0 saturated carbocycles. The Kier molecular flexibility index (Phi) is 6.47. The van der Waals surface area contributed by atoms with Crippen LogP contribution < -0.4 is 15.0 Å². The van der Waals surface area contributed by atoms with Gasteiger partial charge in [0.15, 0.2) is 0 Å². The van der Waals surface area contributed by atoms with Gasteiger partial charge >= 0.3 is 6.03 Å². The molecule has 0 radical (unpaired) electrons. The number of para-hydroxylation sites is 1. The molecule has 0 aliphatic carbocycles. The second kappa shape index (κ2) is 10.0. The molecule has 1 fully saturated rings. The molecule has 5 rings (SSSR count). The topological polar surface area (TPSA) is 87.9 Å². The fraction of sp³-hybridized carbons (Fsp3) is 0.308. The van der Waals surface area contributed by atoms with Gasteiger partial charge in [-0.25, -0.2) is 9.78 Å². The molecule has 2 amide bonds. The first-order chi connectivity index (χ1) is 17.1. The number of ether oxygens (including phenoxy) is 1. The van der Waals surface area contributed by atoms with Crippen LogP contribution in [0, 0.1) is 6.92 Å². The molecule has 0 bridgehead atoms. The molecule has 4 aromatic rings. The van der Waals surface area contributed by atoms with E-state index in [9.17, 15) is 4.79 Å². The minimum Gasteiger partial charge on any atom is -0.496 e. The summed E-state index contributed by atoms with van der Waals surface area (Å²) < 4.78 is 7.21. The van der Waals surface area contributed by atoms with Crippen molar-refractivity contribution in [1.29, 1.82) is 0 Å². The summed E-state index contributed by atoms with van der Waals surface area (Å²) >= 11 is 0. The second-order valence-corrected chi connectivity index (χ2v) is 8.58. The zero-order chi connectivity index (χ0) is 24.2. The van der Waals surface area contributed by atoms with E-state index in [1.165, 1.54) is 5.56 Å². The van der Waals surface area contributed by atoms with Crippen molar-refractivity contribution < 1.29 is 9.53 Å². The fourth-order valence-electron chi connectivity index (χ4n) is 4.55. The van der Waals surface area contributed by atoms with Gasteiger partial charge in [-0.15, -0.1) is 0 Å². The van der Waals surface area contributed by atoms with E-state index in [-0.39, 0.29) is 6.03 Å². The number of hydrogen-bond acceptors (Lipinski definition) is 6. The maximum Gasteiger partial charge on any atom is 0.317 e. The Morgan fingerprint density at radius 2 is 1.77 bits per heavy atom. The van der Waals surface area contributed by atoms with E-state index in [0.29, 0.717) is 38.5 Å². The molecular weight excluding hydrogens is 442 g/mol. The van der Waals surface area contributed by atoms with E-state index in [1.807, 2.05) is 58.8 Å². The van der Waals surface area contributed by atoms with Crippen LogP contribution in [0.2, 0.25) is 0 Å². The summed E-state index contributed by atoms with van der Waals surface area (Å²) in [5, 5.41) is 7.49. The molecule has 1 N–H and O–H groups in total. The van der Waals surface area contributed by atoms with Crippen LogP contribution >= 0.6 is 0 Å². The molecule has 0 unspecified atom stereocenters. The first kappa shape index (κ1) is 22.6. The lowest BCUT2D eigenvalue weighted by atomic mass is 10.0. The average molecular weight is 472 g/mol. The number of benzene rings is 2. The predicted octanol–water partition coefficient (Wildman–Crippen LogP) is 3.06. The summed E-state index contributed by atoms with van der Waals surface area (Å²) in [4.78, 5) is 26.0. The maximum atomic E-state index is 12.9. The summed E-state index contributed by atoms with van der Waals surface area (Å²) in [6, 6.07) is 18.0. The van der Waals surface area contributed by atoms with E-state index < -0.39 is 0 Å². The summed E-state index contributed by atoms with van der Waals surface area (Å²) in [5.41, 5.74) is 4.24. The van der Waals surface area contributed by atoms with Gasteiger partial charge in [-0.2, -0.15) is 14.6 Å². The summed E-state index contributed by atoms with van der Waals surface area (Å²) in [5.74, 6) is 2.36. The Morgan fingerprint density at radius 1 is 1.03 bits per heavy atom. The van der Waals surface area contributed by atoms with E-state index >= 15 is 0 Å². The molecule has 1 aliphatic rings. The number of urea groups is 1. The third kappa shape index (κ3) is 4.75. The highest BCUT2D eigenvalue weighted by molar-refractivity contribution is 5.74. The molecule has 1 aliphatic heterocycles. The number of nitrogens with one attached hydrogen (secondary N) is 1. The third-order valence-corrected chi connectivity index (χ3v) is 6.42. The van der Waals surface area contributed by atoms with Crippen molar-refractivity contribution in [2.24, 2.45) is 0 Å². The number of carbonyl (C=O) groups is 1. The lowest BCUT2D eigenvalue weighted by Gasteiger charge is -2.37. The van der Waals surface area contributed by atoms with E-state index in [2.05, 4.69) is 37.4 Å². The highest BCUT2D eigenvalue weighted by Gasteiger charge is 2.26. The van der Waals surface area contributed by atoms with Crippen LogP contribution in [-0.2, 0) is 13.0 Å². The predicted molar refractivity (Wildman–Crippen MR) is 134 cm³/mol. The minimum absolute atomic E-state index is 0.0723. The Hall–Kier alpha value is -4.14. The minimum atomic E-state index is -0.0723. The van der Waals surface area contributed by atoms with Crippen LogP contribution in [0.5, 0.6) is 5.75 Å². The monoisotopic (exact) mass is 471 g/mol. The molecule has 9 heteroatoms. The zero-order valence-corrected chi connectivity index (χ0v) is 20.0. The molecule has 3 heterocycles. The van der Waals surface area contributed by atoms with Gasteiger partial charge in [-0.1, -0.05) is 48.5 Å². The number of aryl methyl sites for hydroxylation is 1. The number of fused-ring (bicyclic) bond motifs is 1. The number of amides is 2. The lowest BCUT2D eigenvalue weighted by Crippen LogP contribution is -2.52. The standard InChI is InChI=1S/C26H29N7O2/c1-19-22(16-20-8-4-3-5-9-20)24(33-25(30-19)28-18-29-33)31-12-14-32(15-13-31)26(34)27-17-21-10-6-7-11-23(21)35-2/h3-11,18H,12-17H2,1-2H3,(H,27,34). The van der Waals surface area contributed by atoms with Gasteiger partial charge in [0.05, 0.1) is 7.11 Å². The summed E-state index contributed by atoms with van der Waals surface area (Å²) in [6.07, 6.45) is 2.30. The van der Waals surface area contributed by atoms with Gasteiger partial charge in [0.2, 0.25) is 0 Å². The number of aromatic nitrogens is 4. The van der Waals surface area contributed by atoms with Gasteiger partial charge in [-0.3, -0.25) is 0 Å². The van der Waals surface area contributed by atoms with Gasteiger partial charge in [0.25, 0.3) is 5.78 Å². The van der Waals surface area contributed by atoms with Crippen molar-refractivity contribution in [3.8, 4) is 5.75 Å². The smallest absolute Gasteiger partial charge is 0.317 e. The molecule has 9 nitrogen and oxygen atoms in total. The molecule has 0 atom stereocenters. The second-order valence-electron chi connectivity index (χ2n) is 8.58. The van der Waals surface area contributed by atoms with Crippen LogP contribution in [0.1, 0.15) is 22.4 Å². The van der Waals surface area contributed by atoms with Crippen molar-refractivity contribution in [3.05, 3.63) is 83.3 Å². The molecular formula is C26H29N7O2. The van der Waals surface area contributed by atoms with Gasteiger partial charge in [0, 0.05) is 56.0 Å². The van der Waals surface area contributed by atoms with Crippen LogP contribution in [0.3, 0.4) is 0 Å². The lowest BCUT2D eigenvalue weighted by molar-refractivity contribution is 0.193. The number of hydrogen-bond donors (Lipinski definition) is 1. The van der Waals surface area contributed by atoms with Crippen molar-refractivity contribution in [2.75, 3.05) is 38.2 Å². The highest BCUT2D eigenvalue weighted by Crippen LogP contribution is 2.27. The number of carbonyl (C=O) groups excluding carboxylic acids is 1. The molecule has 35 heavy (non-hydrogen) atoms. The van der Waals surface area contributed by atoms with Crippen LogP contribution in [0.25, 0.3) is 5.78 Å². The first-order valence-corrected chi connectivity index (χ1v) is 11.8. The number of nitrogens with zero attached hydrogens (tertiary/aromatic N) is 6. The molecule has 180 valence electrons. The Labute approximate surface area is 204 Å². The third-order valence-electron chi connectivity index (χ3n) is 6.42. The van der Waals surface area contributed by atoms with Crippen molar-refractivity contribution >= 4 is 17.6 Å². The Morgan fingerprint density at radius 3 is 2.54 bits per heavy atom. The van der Waals surface area contributed by atoms with Gasteiger partial charge < -0.3 is 19.9 Å². The highest BCUT2D eigenvalue weighted by atomic mass is 16.5. The number of methoxy groups -OCH3 is 1. The van der Waals surface area contributed by atoms with Crippen molar-refractivity contribution in [3.63, 3.8) is 0 Å². The largest absolute Gasteiger partial charge is 0.496 e. The quantitative estimate of drug-likeness (QED) is 0.465. The van der Waals surface area contributed by atoms with Crippen LogP contribution in [0.4, 0.5) is 10.6 Å². The SMILES string of the molecule is COc1ccccc1CNC(=O)N1CCN(c2c(Cc3ccccc3)c(C)nc3ncnn23)CC1. The van der Waals surface area contributed by atoms with Crippen LogP contribution in [0.15, 0.2) is 60.9 Å². The van der Waals surface area contributed by atoms with Crippen molar-refractivity contribution in [2.45, 2.75) is 19.9 Å². The van der Waals surface area contributed by atoms with E-state index in [4.69, 9.17) is 4.74 Å². The number of anilines is 1. The van der Waals surface area contributed by atoms with Crippen molar-refractivity contribution in [1.82, 2.24) is 29.8 Å². The maximum absolute atomic E-state index is 12.9. The van der Waals surface area contributed by atoms with E-state index in [1.54, 1.807) is 13.4 Å². The fourth-order valence-corrected chi connectivity index (χ4v) is 4.55.